The molecule has 1 atom stereocenters. The Morgan fingerprint density at radius 1 is 1.19 bits per heavy atom. The molecule has 0 spiro atoms. The second-order valence-corrected chi connectivity index (χ2v) is 9.12. The quantitative estimate of drug-likeness (QED) is 0.736. The monoisotopic (exact) mass is 389 g/mol. The van der Waals surface area contributed by atoms with Gasteiger partial charge < -0.3 is 10.2 Å². The van der Waals surface area contributed by atoms with Crippen LogP contribution in [0.2, 0.25) is 0 Å². The van der Waals surface area contributed by atoms with Gasteiger partial charge in [0, 0.05) is 13.1 Å². The maximum atomic E-state index is 13.2. The molecule has 1 aliphatic heterocycles. The Morgan fingerprint density at radius 3 is 2.67 bits per heavy atom. The van der Waals surface area contributed by atoms with E-state index < -0.39 is 16.1 Å². The summed E-state index contributed by atoms with van der Waals surface area (Å²) in [5, 5.41) is 4.76. The first-order valence-electron chi connectivity index (χ1n) is 9.33. The third-order valence-electron chi connectivity index (χ3n) is 4.92. The Morgan fingerprint density at radius 2 is 1.93 bits per heavy atom. The first-order chi connectivity index (χ1) is 12.9. The Labute approximate surface area is 161 Å². The number of nitrogens with zero attached hydrogens (tertiary/aromatic N) is 2. The van der Waals surface area contributed by atoms with Crippen LogP contribution >= 0.6 is 0 Å². The van der Waals surface area contributed by atoms with Gasteiger partial charge in [-0.1, -0.05) is 30.3 Å². The number of fused-ring (bicyclic) bond motifs is 1. The fourth-order valence-electron chi connectivity index (χ4n) is 3.48. The number of amides is 1. The molecule has 1 aliphatic rings. The molecule has 1 saturated heterocycles. The third kappa shape index (κ3) is 4.48. The molecule has 1 amide bonds. The van der Waals surface area contributed by atoms with E-state index in [-0.39, 0.29) is 10.8 Å². The lowest BCUT2D eigenvalue weighted by molar-refractivity contribution is -0.124. The lowest BCUT2D eigenvalue weighted by Gasteiger charge is -2.23. The van der Waals surface area contributed by atoms with Crippen molar-refractivity contribution in [2.24, 2.45) is 0 Å². The molecule has 1 fully saturated rings. The normalized spacial score (nSPS) is 18.3. The zero-order valence-electron chi connectivity index (χ0n) is 15.9. The lowest BCUT2D eigenvalue weighted by Crippen LogP contribution is -2.46. The molecule has 7 heteroatoms. The van der Waals surface area contributed by atoms with Gasteiger partial charge in [-0.15, -0.1) is 0 Å². The topological polar surface area (TPSA) is 69.7 Å². The molecule has 0 saturated carbocycles. The number of hydrogen-bond donors (Lipinski definition) is 1. The molecule has 2 aromatic carbocycles. The van der Waals surface area contributed by atoms with Crippen LogP contribution in [0.1, 0.15) is 19.3 Å². The number of nitrogens with one attached hydrogen (secondary N) is 1. The van der Waals surface area contributed by atoms with Gasteiger partial charge in [0.25, 0.3) is 0 Å². The van der Waals surface area contributed by atoms with E-state index in [1.807, 2.05) is 44.4 Å². The Balaban J connectivity index is 1.75. The summed E-state index contributed by atoms with van der Waals surface area (Å²) >= 11 is 0. The van der Waals surface area contributed by atoms with Gasteiger partial charge in [0.05, 0.1) is 4.90 Å². The number of benzene rings is 2. The van der Waals surface area contributed by atoms with Gasteiger partial charge in [-0.05, 0) is 62.8 Å². The molecule has 3 rings (SSSR count). The van der Waals surface area contributed by atoms with Crippen LogP contribution in [0.3, 0.4) is 0 Å². The summed E-state index contributed by atoms with van der Waals surface area (Å²) in [5.74, 6) is -0.198. The first kappa shape index (κ1) is 19.8. The molecule has 2 aromatic rings. The Kier molecular flexibility index (Phi) is 6.14. The molecule has 6 nitrogen and oxygen atoms in total. The molecule has 1 heterocycles. The summed E-state index contributed by atoms with van der Waals surface area (Å²) < 4.78 is 27.7. The van der Waals surface area contributed by atoms with E-state index in [0.29, 0.717) is 25.9 Å². The standard InChI is InChI=1S/C20H27N3O3S/c1-22(2)13-6-12-21-20(24)19-9-5-14-23(19)27(25,26)18-11-10-16-7-3-4-8-17(16)15-18/h3-4,7-8,10-11,15,19H,5-6,9,12-14H2,1-2H3,(H,21,24)/t19-/m0/s1. The van der Waals surface area contributed by atoms with Crippen molar-refractivity contribution in [3.63, 3.8) is 0 Å². The number of hydrogen-bond acceptors (Lipinski definition) is 4. The number of carbonyl (C=O) groups excluding carboxylic acids is 1. The van der Waals surface area contributed by atoms with Crippen LogP contribution in [0, 0.1) is 0 Å². The van der Waals surface area contributed by atoms with E-state index in [2.05, 4.69) is 10.2 Å². The summed E-state index contributed by atoms with van der Waals surface area (Å²) in [4.78, 5) is 14.9. The molecular weight excluding hydrogens is 362 g/mol. The van der Waals surface area contributed by atoms with Crippen molar-refractivity contribution in [2.45, 2.75) is 30.2 Å². The van der Waals surface area contributed by atoms with Gasteiger partial charge in [-0.25, -0.2) is 8.42 Å². The van der Waals surface area contributed by atoms with Crippen LogP contribution in [-0.2, 0) is 14.8 Å². The average molecular weight is 390 g/mol. The zero-order chi connectivity index (χ0) is 19.4. The van der Waals surface area contributed by atoms with Crippen LogP contribution in [0.4, 0.5) is 0 Å². The predicted octanol–water partition coefficient (Wildman–Crippen LogP) is 2.06. The average Bonchev–Trinajstić information content (AvgIpc) is 3.15. The van der Waals surface area contributed by atoms with Crippen molar-refractivity contribution in [3.05, 3.63) is 42.5 Å². The van der Waals surface area contributed by atoms with E-state index in [9.17, 15) is 13.2 Å². The van der Waals surface area contributed by atoms with Crippen LogP contribution in [-0.4, -0.2) is 63.3 Å². The highest BCUT2D eigenvalue weighted by atomic mass is 32.2. The zero-order valence-corrected chi connectivity index (χ0v) is 16.7. The minimum absolute atomic E-state index is 0.198. The van der Waals surface area contributed by atoms with Crippen LogP contribution in [0.25, 0.3) is 10.8 Å². The van der Waals surface area contributed by atoms with Gasteiger partial charge in [0.2, 0.25) is 15.9 Å². The molecule has 0 radical (unpaired) electrons. The van der Waals surface area contributed by atoms with Crippen LogP contribution < -0.4 is 5.32 Å². The van der Waals surface area contributed by atoms with Gasteiger partial charge in [-0.3, -0.25) is 4.79 Å². The van der Waals surface area contributed by atoms with Gasteiger partial charge in [-0.2, -0.15) is 4.31 Å². The van der Waals surface area contributed by atoms with E-state index in [4.69, 9.17) is 0 Å². The fourth-order valence-corrected chi connectivity index (χ4v) is 5.17. The summed E-state index contributed by atoms with van der Waals surface area (Å²) in [7, 11) is 0.261. The number of sulfonamides is 1. The summed E-state index contributed by atoms with van der Waals surface area (Å²) in [6.07, 6.45) is 2.10. The van der Waals surface area contributed by atoms with E-state index in [0.717, 1.165) is 23.7 Å². The number of rotatable bonds is 7. The molecule has 0 aromatic heterocycles. The van der Waals surface area contributed by atoms with E-state index >= 15 is 0 Å². The van der Waals surface area contributed by atoms with Gasteiger partial charge in [0.1, 0.15) is 6.04 Å². The van der Waals surface area contributed by atoms with E-state index in [1.165, 1.54) is 4.31 Å². The lowest BCUT2D eigenvalue weighted by atomic mass is 10.1. The molecule has 0 bridgehead atoms. The fraction of sp³-hybridized carbons (Fsp3) is 0.450. The van der Waals surface area contributed by atoms with Gasteiger partial charge in [0.15, 0.2) is 0 Å². The van der Waals surface area contributed by atoms with Crippen molar-refractivity contribution in [2.75, 3.05) is 33.7 Å². The summed E-state index contributed by atoms with van der Waals surface area (Å²) in [6, 6.07) is 12.2. The maximum absolute atomic E-state index is 13.2. The van der Waals surface area contributed by atoms with Crippen molar-refractivity contribution >= 4 is 26.7 Å². The second kappa shape index (κ2) is 8.37. The second-order valence-electron chi connectivity index (χ2n) is 7.23. The molecule has 27 heavy (non-hydrogen) atoms. The van der Waals surface area contributed by atoms with Crippen molar-refractivity contribution in [1.82, 2.24) is 14.5 Å². The highest BCUT2D eigenvalue weighted by molar-refractivity contribution is 7.89. The highest BCUT2D eigenvalue weighted by Gasteiger charge is 2.39. The Hall–Kier alpha value is -1.96. The Bertz CT molecular complexity index is 912. The predicted molar refractivity (Wildman–Crippen MR) is 107 cm³/mol. The maximum Gasteiger partial charge on any atom is 0.243 e. The molecule has 0 aliphatic carbocycles. The molecular formula is C20H27N3O3S. The van der Waals surface area contributed by atoms with Crippen LogP contribution in [0.5, 0.6) is 0 Å². The summed E-state index contributed by atoms with van der Waals surface area (Å²) in [5.41, 5.74) is 0. The smallest absolute Gasteiger partial charge is 0.243 e. The largest absolute Gasteiger partial charge is 0.355 e. The molecule has 1 N–H and O–H groups in total. The summed E-state index contributed by atoms with van der Waals surface area (Å²) in [6.45, 7) is 1.81. The SMILES string of the molecule is CN(C)CCCNC(=O)[C@@H]1CCCN1S(=O)(=O)c1ccc2ccccc2c1. The van der Waals surface area contributed by atoms with Crippen molar-refractivity contribution < 1.29 is 13.2 Å². The highest BCUT2D eigenvalue weighted by Crippen LogP contribution is 2.28. The number of carbonyl (C=O) groups is 1. The third-order valence-corrected chi connectivity index (χ3v) is 6.82. The van der Waals surface area contributed by atoms with Crippen LogP contribution in [0.15, 0.2) is 47.4 Å². The van der Waals surface area contributed by atoms with Crippen molar-refractivity contribution in [3.8, 4) is 0 Å². The van der Waals surface area contributed by atoms with Crippen molar-refractivity contribution in [1.29, 1.82) is 0 Å². The van der Waals surface area contributed by atoms with Gasteiger partial charge >= 0.3 is 0 Å². The molecule has 0 unspecified atom stereocenters. The first-order valence-corrected chi connectivity index (χ1v) is 10.8. The van der Waals surface area contributed by atoms with E-state index in [1.54, 1.807) is 12.1 Å². The molecule has 146 valence electrons. The minimum atomic E-state index is -3.70. The minimum Gasteiger partial charge on any atom is -0.355 e.